The van der Waals surface area contributed by atoms with Crippen molar-refractivity contribution >= 4 is 28.4 Å². The number of H-pyrrole nitrogens is 1. The van der Waals surface area contributed by atoms with Gasteiger partial charge in [0.15, 0.2) is 11.5 Å². The van der Waals surface area contributed by atoms with E-state index in [0.717, 1.165) is 10.1 Å². The first-order chi connectivity index (χ1) is 14.9. The monoisotopic (exact) mass is 445 g/mol. The first-order valence-corrected chi connectivity index (χ1v) is 10.2. The number of amides is 1. The third kappa shape index (κ3) is 5.46. The summed E-state index contributed by atoms with van der Waals surface area (Å²) >= 11 is 5.90. The fraction of sp³-hybridized carbons (Fsp3) is 0.318. The largest absolute Gasteiger partial charge is 0.493 e. The smallest absolute Gasteiger partial charge is 0.328 e. The van der Waals surface area contributed by atoms with Gasteiger partial charge < -0.3 is 19.8 Å². The Morgan fingerprint density at radius 3 is 2.61 bits per heavy atom. The zero-order chi connectivity index (χ0) is 22.4. The van der Waals surface area contributed by atoms with Crippen LogP contribution in [0.1, 0.15) is 18.4 Å². The first kappa shape index (κ1) is 22.4. The molecule has 0 atom stereocenters. The highest BCUT2D eigenvalue weighted by Crippen LogP contribution is 2.27. The van der Waals surface area contributed by atoms with E-state index < -0.39 is 11.2 Å². The average Bonchev–Trinajstić information content (AvgIpc) is 2.75. The average molecular weight is 446 g/mol. The fourth-order valence-electron chi connectivity index (χ4n) is 3.30. The van der Waals surface area contributed by atoms with Gasteiger partial charge in [-0.25, -0.2) is 4.79 Å². The quantitative estimate of drug-likeness (QED) is 0.527. The van der Waals surface area contributed by atoms with Crippen molar-refractivity contribution in [1.29, 1.82) is 0 Å². The standard InChI is InChI=1S/C22H24ClN3O5/c1-30-18-8-5-14(12-19(18)31-2)9-10-24-20(27)4-3-11-26-21(28)16-7-6-15(23)13-17(16)25-22(26)29/h5-8,12-13H,3-4,9-11H2,1-2H3,(H,24,27)(H,25,29). The number of benzene rings is 2. The van der Waals surface area contributed by atoms with Crippen LogP contribution >= 0.6 is 11.6 Å². The summed E-state index contributed by atoms with van der Waals surface area (Å²) in [5.74, 6) is 1.15. The van der Waals surface area contributed by atoms with Gasteiger partial charge in [-0.3, -0.25) is 14.2 Å². The first-order valence-electron chi connectivity index (χ1n) is 9.83. The van der Waals surface area contributed by atoms with Crippen LogP contribution < -0.4 is 26.0 Å². The number of halogens is 1. The van der Waals surface area contributed by atoms with Crippen molar-refractivity contribution in [3.05, 3.63) is 67.8 Å². The summed E-state index contributed by atoms with van der Waals surface area (Å²) in [6.07, 6.45) is 1.21. The molecule has 0 aliphatic carbocycles. The van der Waals surface area contributed by atoms with Crippen molar-refractivity contribution in [2.75, 3.05) is 20.8 Å². The molecular formula is C22H24ClN3O5. The highest BCUT2D eigenvalue weighted by atomic mass is 35.5. The van der Waals surface area contributed by atoms with Crippen LogP contribution in [0.25, 0.3) is 10.9 Å². The normalized spacial score (nSPS) is 10.8. The molecule has 3 rings (SSSR count). The molecule has 8 nitrogen and oxygen atoms in total. The number of rotatable bonds is 9. The molecule has 1 aromatic heterocycles. The van der Waals surface area contributed by atoms with Crippen LogP contribution in [0, 0.1) is 0 Å². The van der Waals surface area contributed by atoms with E-state index in [9.17, 15) is 14.4 Å². The minimum Gasteiger partial charge on any atom is -0.493 e. The second kappa shape index (κ2) is 10.2. The topological polar surface area (TPSA) is 102 Å². The number of nitrogens with zero attached hydrogens (tertiary/aromatic N) is 1. The molecule has 2 N–H and O–H groups in total. The number of aromatic amines is 1. The fourth-order valence-corrected chi connectivity index (χ4v) is 3.47. The van der Waals surface area contributed by atoms with Crippen LogP contribution in [0.2, 0.25) is 5.02 Å². The van der Waals surface area contributed by atoms with Crippen LogP contribution in [0.4, 0.5) is 0 Å². The van der Waals surface area contributed by atoms with Crippen molar-refractivity contribution in [3.63, 3.8) is 0 Å². The number of aromatic nitrogens is 2. The van der Waals surface area contributed by atoms with E-state index >= 15 is 0 Å². The van der Waals surface area contributed by atoms with Crippen molar-refractivity contribution in [2.24, 2.45) is 0 Å². The number of carbonyl (C=O) groups excluding carboxylic acids is 1. The molecule has 31 heavy (non-hydrogen) atoms. The van der Waals surface area contributed by atoms with Crippen molar-refractivity contribution in [3.8, 4) is 11.5 Å². The van der Waals surface area contributed by atoms with Gasteiger partial charge >= 0.3 is 5.69 Å². The molecule has 2 aromatic carbocycles. The Kier molecular flexibility index (Phi) is 7.36. The van der Waals surface area contributed by atoms with E-state index in [2.05, 4.69) is 10.3 Å². The maximum atomic E-state index is 12.5. The molecule has 0 saturated heterocycles. The van der Waals surface area contributed by atoms with Crippen molar-refractivity contribution in [1.82, 2.24) is 14.9 Å². The predicted octanol–water partition coefficient (Wildman–Crippen LogP) is 2.50. The Balaban J connectivity index is 1.51. The summed E-state index contributed by atoms with van der Waals surface area (Å²) in [5, 5.41) is 3.66. The third-order valence-corrected chi connectivity index (χ3v) is 5.15. The number of nitrogens with one attached hydrogen (secondary N) is 2. The van der Waals surface area contributed by atoms with Gasteiger partial charge in [-0.15, -0.1) is 0 Å². The van der Waals surface area contributed by atoms with Gasteiger partial charge in [0.25, 0.3) is 5.56 Å². The summed E-state index contributed by atoms with van der Waals surface area (Å²) < 4.78 is 11.6. The lowest BCUT2D eigenvalue weighted by atomic mass is 10.1. The summed E-state index contributed by atoms with van der Waals surface area (Å²) in [6, 6.07) is 10.3. The molecular weight excluding hydrogens is 422 g/mol. The van der Waals surface area contributed by atoms with E-state index in [4.69, 9.17) is 21.1 Å². The predicted molar refractivity (Wildman–Crippen MR) is 119 cm³/mol. The second-order valence-electron chi connectivity index (χ2n) is 6.97. The Morgan fingerprint density at radius 1 is 1.10 bits per heavy atom. The molecule has 0 spiro atoms. The Hall–Kier alpha value is -3.26. The Labute approximate surface area is 183 Å². The highest BCUT2D eigenvalue weighted by Gasteiger charge is 2.09. The molecule has 0 unspecified atom stereocenters. The Morgan fingerprint density at radius 2 is 1.87 bits per heavy atom. The van der Waals surface area contributed by atoms with Crippen LogP contribution in [-0.4, -0.2) is 36.2 Å². The lowest BCUT2D eigenvalue weighted by molar-refractivity contribution is -0.121. The number of hydrogen-bond acceptors (Lipinski definition) is 5. The molecule has 1 amide bonds. The van der Waals surface area contributed by atoms with Crippen LogP contribution in [-0.2, 0) is 17.8 Å². The Bertz CT molecular complexity index is 1200. The number of hydrogen-bond donors (Lipinski definition) is 2. The molecule has 0 fully saturated rings. The minimum atomic E-state index is -0.520. The molecule has 0 saturated carbocycles. The lowest BCUT2D eigenvalue weighted by Gasteiger charge is -2.10. The van der Waals surface area contributed by atoms with Gasteiger partial charge in [-0.1, -0.05) is 17.7 Å². The van der Waals surface area contributed by atoms with Gasteiger partial charge in [-0.05, 0) is 48.7 Å². The van der Waals surface area contributed by atoms with Gasteiger partial charge in [0.2, 0.25) is 5.91 Å². The van der Waals surface area contributed by atoms with Gasteiger partial charge in [0, 0.05) is 24.5 Å². The number of ether oxygens (including phenoxy) is 2. The maximum absolute atomic E-state index is 12.5. The number of carbonyl (C=O) groups is 1. The van der Waals surface area contributed by atoms with E-state index in [0.29, 0.717) is 46.8 Å². The summed E-state index contributed by atoms with van der Waals surface area (Å²) in [5.41, 5.74) is 0.483. The minimum absolute atomic E-state index is 0.141. The summed E-state index contributed by atoms with van der Waals surface area (Å²) in [4.78, 5) is 39.5. The van der Waals surface area contributed by atoms with E-state index in [1.165, 1.54) is 6.07 Å². The van der Waals surface area contributed by atoms with Gasteiger partial charge in [0.1, 0.15) is 0 Å². The zero-order valence-corrected chi connectivity index (χ0v) is 18.1. The molecule has 3 aromatic rings. The van der Waals surface area contributed by atoms with Gasteiger partial charge in [0.05, 0.1) is 25.1 Å². The molecule has 0 aliphatic heterocycles. The molecule has 0 aliphatic rings. The number of fused-ring (bicyclic) bond motifs is 1. The summed E-state index contributed by atoms with van der Waals surface area (Å²) in [7, 11) is 3.15. The van der Waals surface area contributed by atoms with E-state index in [1.807, 2.05) is 18.2 Å². The summed E-state index contributed by atoms with van der Waals surface area (Å²) in [6.45, 7) is 0.613. The van der Waals surface area contributed by atoms with Crippen molar-refractivity contribution in [2.45, 2.75) is 25.8 Å². The number of methoxy groups -OCH3 is 2. The maximum Gasteiger partial charge on any atom is 0.328 e. The van der Waals surface area contributed by atoms with Crippen LogP contribution in [0.5, 0.6) is 11.5 Å². The highest BCUT2D eigenvalue weighted by molar-refractivity contribution is 6.31. The van der Waals surface area contributed by atoms with Crippen LogP contribution in [0.15, 0.2) is 46.0 Å². The zero-order valence-electron chi connectivity index (χ0n) is 17.4. The molecule has 0 radical (unpaired) electrons. The molecule has 1 heterocycles. The SMILES string of the molecule is COc1ccc(CCNC(=O)CCCn2c(=O)[nH]c3cc(Cl)ccc3c2=O)cc1OC. The molecule has 9 heteroatoms. The van der Waals surface area contributed by atoms with Crippen molar-refractivity contribution < 1.29 is 14.3 Å². The van der Waals surface area contributed by atoms with E-state index in [1.54, 1.807) is 26.4 Å². The molecule has 0 bridgehead atoms. The molecule has 164 valence electrons. The third-order valence-electron chi connectivity index (χ3n) is 4.91. The lowest BCUT2D eigenvalue weighted by Crippen LogP contribution is -2.35. The second-order valence-corrected chi connectivity index (χ2v) is 7.41. The van der Waals surface area contributed by atoms with E-state index in [-0.39, 0.29) is 18.9 Å². The van der Waals surface area contributed by atoms with Gasteiger partial charge in [-0.2, -0.15) is 0 Å². The van der Waals surface area contributed by atoms with Crippen LogP contribution in [0.3, 0.4) is 0 Å².